The molecule has 0 atom stereocenters. The quantitative estimate of drug-likeness (QED) is 0.356. The summed E-state index contributed by atoms with van der Waals surface area (Å²) < 4.78 is 0. The van der Waals surface area contributed by atoms with Gasteiger partial charge in [-0.3, -0.25) is 4.79 Å². The van der Waals surface area contributed by atoms with Crippen molar-refractivity contribution >= 4 is 12.6 Å². The zero-order valence-corrected chi connectivity index (χ0v) is 7.54. The molecule has 0 N–H and O–H groups in total. The number of allylic oxidation sites excluding steroid dienone is 4. The lowest BCUT2D eigenvalue weighted by Gasteiger charge is -1.90. The van der Waals surface area contributed by atoms with Crippen molar-refractivity contribution in [3.63, 3.8) is 0 Å². The van der Waals surface area contributed by atoms with Crippen LogP contribution in [-0.2, 0) is 9.59 Å². The van der Waals surface area contributed by atoms with Crippen molar-refractivity contribution in [2.75, 3.05) is 0 Å². The van der Waals surface area contributed by atoms with Gasteiger partial charge in [0.15, 0.2) is 0 Å². The third kappa shape index (κ3) is 5.59. The van der Waals surface area contributed by atoms with Gasteiger partial charge >= 0.3 is 0 Å². The molecule has 0 aliphatic rings. The molecule has 12 heavy (non-hydrogen) atoms. The number of rotatable bonds is 5. The first-order valence-corrected chi connectivity index (χ1v) is 3.92. The van der Waals surface area contributed by atoms with Gasteiger partial charge in [0.1, 0.15) is 12.6 Å². The van der Waals surface area contributed by atoms with Crippen LogP contribution in [0.5, 0.6) is 0 Å². The Balaban J connectivity index is 4.02. The minimum Gasteiger partial charge on any atom is -0.303 e. The normalized spacial score (nSPS) is 10.7. The largest absolute Gasteiger partial charge is 0.303 e. The molecule has 0 amide bonds. The highest BCUT2D eigenvalue weighted by atomic mass is 16.1. The van der Waals surface area contributed by atoms with Gasteiger partial charge in [0.05, 0.1) is 0 Å². The highest BCUT2D eigenvalue weighted by Crippen LogP contribution is 2.00. The second-order valence-corrected chi connectivity index (χ2v) is 2.78. The van der Waals surface area contributed by atoms with E-state index in [-0.39, 0.29) is 6.42 Å². The Morgan fingerprint density at radius 2 is 1.83 bits per heavy atom. The average Bonchev–Trinajstić information content (AvgIpc) is 2.02. The Bertz CT molecular complexity index is 208. The molecule has 0 radical (unpaired) electrons. The van der Waals surface area contributed by atoms with Gasteiger partial charge < -0.3 is 4.79 Å². The summed E-state index contributed by atoms with van der Waals surface area (Å²) in [6, 6.07) is 0. The predicted molar refractivity (Wildman–Crippen MR) is 48.9 cm³/mol. The second-order valence-electron chi connectivity index (χ2n) is 2.78. The van der Waals surface area contributed by atoms with Gasteiger partial charge in [0, 0.05) is 6.42 Å². The van der Waals surface area contributed by atoms with E-state index in [1.54, 1.807) is 6.08 Å². The molecule has 0 rings (SSSR count). The Morgan fingerprint density at radius 3 is 2.25 bits per heavy atom. The standard InChI is InChI=1S/C10H14O2/c1-9(2)4-3-5-10(8-12)6-7-11/h4-5,7-8H,3,6H2,1-2H3/b10-5+. The third-order valence-electron chi connectivity index (χ3n) is 1.38. The molecule has 2 heteroatoms. The SMILES string of the molecule is CC(C)=CC/C=C(/C=O)CC=O. The molecular formula is C10H14O2. The first-order valence-electron chi connectivity index (χ1n) is 3.92. The molecule has 0 aromatic heterocycles. The summed E-state index contributed by atoms with van der Waals surface area (Å²) >= 11 is 0. The number of carbonyl (C=O) groups is 2. The second kappa shape index (κ2) is 6.53. The Morgan fingerprint density at radius 1 is 1.17 bits per heavy atom. The Kier molecular flexibility index (Phi) is 5.88. The summed E-state index contributed by atoms with van der Waals surface area (Å²) in [6.45, 7) is 3.99. The molecule has 0 spiro atoms. The van der Waals surface area contributed by atoms with Crippen molar-refractivity contribution in [1.82, 2.24) is 0 Å². The van der Waals surface area contributed by atoms with Gasteiger partial charge in [-0.2, -0.15) is 0 Å². The molecule has 0 bridgehead atoms. The van der Waals surface area contributed by atoms with Gasteiger partial charge in [0.25, 0.3) is 0 Å². The molecular weight excluding hydrogens is 152 g/mol. The molecule has 0 aliphatic heterocycles. The van der Waals surface area contributed by atoms with E-state index < -0.39 is 0 Å². The lowest BCUT2D eigenvalue weighted by molar-refractivity contribution is -0.109. The minimum atomic E-state index is 0.222. The van der Waals surface area contributed by atoms with Crippen molar-refractivity contribution in [2.45, 2.75) is 26.7 Å². The van der Waals surface area contributed by atoms with Crippen molar-refractivity contribution in [3.05, 3.63) is 23.3 Å². The maximum Gasteiger partial charge on any atom is 0.146 e. The van der Waals surface area contributed by atoms with Crippen LogP contribution in [0.1, 0.15) is 26.7 Å². The fourth-order valence-electron chi connectivity index (χ4n) is 0.722. The fraction of sp³-hybridized carbons (Fsp3) is 0.400. The number of hydrogen-bond acceptors (Lipinski definition) is 2. The molecule has 66 valence electrons. The molecule has 0 saturated carbocycles. The Hall–Kier alpha value is -1.18. The lowest BCUT2D eigenvalue weighted by Crippen LogP contribution is -1.85. The molecule has 2 nitrogen and oxygen atoms in total. The first-order chi connectivity index (χ1) is 5.70. The third-order valence-corrected chi connectivity index (χ3v) is 1.38. The highest BCUT2D eigenvalue weighted by molar-refractivity contribution is 5.78. The van der Waals surface area contributed by atoms with Gasteiger partial charge in [-0.25, -0.2) is 0 Å². The van der Waals surface area contributed by atoms with Crippen LogP contribution in [0, 0.1) is 0 Å². The van der Waals surface area contributed by atoms with Crippen LogP contribution in [0.25, 0.3) is 0 Å². The average molecular weight is 166 g/mol. The summed E-state index contributed by atoms with van der Waals surface area (Å²) in [7, 11) is 0. The van der Waals surface area contributed by atoms with E-state index in [0.717, 1.165) is 19.0 Å². The van der Waals surface area contributed by atoms with Crippen LogP contribution in [0.4, 0.5) is 0 Å². The smallest absolute Gasteiger partial charge is 0.146 e. The van der Waals surface area contributed by atoms with E-state index in [4.69, 9.17) is 0 Å². The maximum atomic E-state index is 10.3. The summed E-state index contributed by atoms with van der Waals surface area (Å²) in [5, 5.41) is 0. The number of aldehydes is 2. The zero-order valence-electron chi connectivity index (χ0n) is 7.54. The van der Waals surface area contributed by atoms with Gasteiger partial charge in [0.2, 0.25) is 0 Å². The van der Waals surface area contributed by atoms with Crippen LogP contribution in [0.2, 0.25) is 0 Å². The molecule has 0 heterocycles. The molecule has 0 aromatic rings. The molecule has 0 unspecified atom stereocenters. The number of hydrogen-bond donors (Lipinski definition) is 0. The van der Waals surface area contributed by atoms with Crippen LogP contribution in [0.15, 0.2) is 23.3 Å². The van der Waals surface area contributed by atoms with E-state index in [1.807, 2.05) is 19.9 Å². The topological polar surface area (TPSA) is 34.1 Å². The maximum absolute atomic E-state index is 10.3. The predicted octanol–water partition coefficient (Wildman–Crippen LogP) is 2.06. The summed E-state index contributed by atoms with van der Waals surface area (Å²) in [4.78, 5) is 20.4. The van der Waals surface area contributed by atoms with E-state index in [1.165, 1.54) is 5.57 Å². The number of carbonyl (C=O) groups excluding carboxylic acids is 2. The van der Waals surface area contributed by atoms with Crippen LogP contribution in [-0.4, -0.2) is 12.6 Å². The molecule has 0 aliphatic carbocycles. The van der Waals surface area contributed by atoms with Gasteiger partial charge in [-0.05, 0) is 25.8 Å². The van der Waals surface area contributed by atoms with E-state index in [0.29, 0.717) is 5.57 Å². The summed E-state index contributed by atoms with van der Waals surface area (Å²) in [5.41, 5.74) is 1.77. The molecule has 0 fully saturated rings. The van der Waals surface area contributed by atoms with E-state index in [9.17, 15) is 9.59 Å². The van der Waals surface area contributed by atoms with Crippen molar-refractivity contribution in [2.24, 2.45) is 0 Å². The van der Waals surface area contributed by atoms with E-state index >= 15 is 0 Å². The minimum absolute atomic E-state index is 0.222. The lowest BCUT2D eigenvalue weighted by atomic mass is 10.1. The van der Waals surface area contributed by atoms with Crippen LogP contribution >= 0.6 is 0 Å². The highest BCUT2D eigenvalue weighted by Gasteiger charge is 1.91. The van der Waals surface area contributed by atoms with Crippen LogP contribution in [0.3, 0.4) is 0 Å². The Labute approximate surface area is 73.0 Å². The van der Waals surface area contributed by atoms with E-state index in [2.05, 4.69) is 0 Å². The summed E-state index contributed by atoms with van der Waals surface area (Å²) in [5.74, 6) is 0. The fourth-order valence-corrected chi connectivity index (χ4v) is 0.722. The summed E-state index contributed by atoms with van der Waals surface area (Å²) in [6.07, 6.45) is 6.20. The van der Waals surface area contributed by atoms with Crippen molar-refractivity contribution < 1.29 is 9.59 Å². The van der Waals surface area contributed by atoms with Gasteiger partial charge in [-0.15, -0.1) is 0 Å². The van der Waals surface area contributed by atoms with Crippen molar-refractivity contribution in [1.29, 1.82) is 0 Å². The van der Waals surface area contributed by atoms with Gasteiger partial charge in [-0.1, -0.05) is 17.7 Å². The molecule has 0 saturated heterocycles. The first kappa shape index (κ1) is 10.8. The van der Waals surface area contributed by atoms with Crippen molar-refractivity contribution in [3.8, 4) is 0 Å². The van der Waals surface area contributed by atoms with Crippen LogP contribution < -0.4 is 0 Å². The zero-order chi connectivity index (χ0) is 9.40. The monoisotopic (exact) mass is 166 g/mol. The molecule has 0 aromatic carbocycles.